The summed E-state index contributed by atoms with van der Waals surface area (Å²) in [5.41, 5.74) is 8.04. The number of aliphatic hydroxyl groups excluding tert-OH is 1. The fourth-order valence-corrected chi connectivity index (χ4v) is 6.62. The number of hydrogen-bond acceptors (Lipinski definition) is 11. The number of allylic oxidation sites excluding steroid dienone is 2. The standard InChI is InChI=1S/C41H55N5O9/c1-24-19-30-35(44-40(51)29-13-11-28(12-14-29)23-46-17-15-45(5)16-18-46)32(47)22-31(37(30)49)43-39(50)25(2)9-8-10-33(53-6)38(55-41(42)52)27(4)21-26(3)36(48)34(20-24)54-7/h8-14,19,21-22,26,33-34,36,38,47-49H,15-18,20,23H2,1-7H3,(H2,42,52)(H,43,50)(H,44,51)/b10-8?,24-19+,25-9+,27-21+/t26-,33-,34-,36+,38-/m0/s1. The summed E-state index contributed by atoms with van der Waals surface area (Å²) in [5.74, 6) is -2.43. The zero-order chi connectivity index (χ0) is 40.4. The summed E-state index contributed by atoms with van der Waals surface area (Å²) in [6.45, 7) is 11.5. The topological polar surface area (TPSA) is 196 Å². The van der Waals surface area contributed by atoms with Gasteiger partial charge < -0.3 is 50.8 Å². The van der Waals surface area contributed by atoms with E-state index in [1.807, 2.05) is 12.1 Å². The molecule has 14 nitrogen and oxygen atoms in total. The van der Waals surface area contributed by atoms with Gasteiger partial charge in [0.25, 0.3) is 11.8 Å². The van der Waals surface area contributed by atoms with E-state index in [-0.39, 0.29) is 28.9 Å². The van der Waals surface area contributed by atoms with Gasteiger partial charge in [0.1, 0.15) is 17.6 Å². The predicted octanol–water partition coefficient (Wildman–Crippen LogP) is 4.78. The Bertz CT molecular complexity index is 1810. The maximum absolute atomic E-state index is 13.6. The lowest BCUT2D eigenvalue weighted by molar-refractivity contribution is -0.112. The average Bonchev–Trinajstić information content (AvgIpc) is 3.15. The minimum Gasteiger partial charge on any atom is -0.506 e. The van der Waals surface area contributed by atoms with Gasteiger partial charge in [-0.15, -0.1) is 0 Å². The molecule has 2 aliphatic heterocycles. The number of aliphatic hydroxyl groups is 1. The number of nitrogens with one attached hydrogen (secondary N) is 2. The number of fused-ring (bicyclic) bond motifs is 2. The van der Waals surface area contributed by atoms with Crippen LogP contribution in [0.15, 0.2) is 71.4 Å². The summed E-state index contributed by atoms with van der Waals surface area (Å²) in [4.78, 5) is 43.4. The number of ether oxygens (including phenoxy) is 3. The Kier molecular flexibility index (Phi) is 15.2. The summed E-state index contributed by atoms with van der Waals surface area (Å²) >= 11 is 0. The maximum atomic E-state index is 13.6. The number of phenolic OH excluding ortho intramolecular Hbond substituents is 2. The van der Waals surface area contributed by atoms with E-state index in [4.69, 9.17) is 19.9 Å². The third-order valence-corrected chi connectivity index (χ3v) is 9.95. The number of hydrogen-bond donors (Lipinski definition) is 6. The predicted molar refractivity (Wildman–Crippen MR) is 212 cm³/mol. The van der Waals surface area contributed by atoms with Crippen LogP contribution in [0.2, 0.25) is 0 Å². The van der Waals surface area contributed by atoms with Gasteiger partial charge in [-0.1, -0.05) is 48.9 Å². The van der Waals surface area contributed by atoms with Gasteiger partial charge in [-0.25, -0.2) is 4.79 Å². The number of likely N-dealkylation sites (N-methyl/N-ethyl adjacent to an activating group) is 1. The lowest BCUT2D eigenvalue weighted by Gasteiger charge is -2.32. The van der Waals surface area contributed by atoms with Crippen molar-refractivity contribution in [3.05, 3.63) is 88.0 Å². The molecule has 5 atom stereocenters. The number of nitrogens with zero attached hydrogens (tertiary/aromatic N) is 2. The van der Waals surface area contributed by atoms with E-state index in [1.165, 1.54) is 20.3 Å². The molecule has 2 heterocycles. The van der Waals surface area contributed by atoms with Gasteiger partial charge in [0.05, 0.1) is 23.6 Å². The van der Waals surface area contributed by atoms with Crippen molar-refractivity contribution in [3.63, 3.8) is 0 Å². The monoisotopic (exact) mass is 761 g/mol. The number of anilines is 2. The van der Waals surface area contributed by atoms with Gasteiger partial charge in [-0.3, -0.25) is 14.5 Å². The first-order chi connectivity index (χ1) is 26.1. The molecule has 0 unspecified atom stereocenters. The fraction of sp³-hybridized carbons (Fsp3) is 0.439. The number of rotatable bonds is 7. The number of amides is 3. The van der Waals surface area contributed by atoms with Crippen LogP contribution in [0.3, 0.4) is 0 Å². The molecule has 298 valence electrons. The fourth-order valence-electron chi connectivity index (χ4n) is 6.62. The number of nitrogens with two attached hydrogens (primary N) is 1. The summed E-state index contributed by atoms with van der Waals surface area (Å²) < 4.78 is 16.7. The van der Waals surface area contributed by atoms with E-state index >= 15 is 0 Å². The number of methoxy groups -OCH3 is 2. The van der Waals surface area contributed by atoms with E-state index in [9.17, 15) is 29.7 Å². The Morgan fingerprint density at radius 2 is 1.71 bits per heavy atom. The molecule has 0 aliphatic carbocycles. The number of piperazine rings is 1. The Labute approximate surface area is 322 Å². The molecule has 0 spiro atoms. The van der Waals surface area contributed by atoms with E-state index < -0.39 is 59.7 Å². The maximum Gasteiger partial charge on any atom is 0.405 e. The van der Waals surface area contributed by atoms with Crippen LogP contribution in [0.4, 0.5) is 16.2 Å². The van der Waals surface area contributed by atoms with Gasteiger partial charge in [0.2, 0.25) is 0 Å². The van der Waals surface area contributed by atoms with Crippen LogP contribution in [-0.4, -0.2) is 115 Å². The van der Waals surface area contributed by atoms with Gasteiger partial charge in [0.15, 0.2) is 6.10 Å². The normalized spacial score (nSPS) is 26.4. The molecule has 55 heavy (non-hydrogen) atoms. The summed E-state index contributed by atoms with van der Waals surface area (Å²) in [6.07, 6.45) is 3.53. The van der Waals surface area contributed by atoms with E-state index in [0.29, 0.717) is 16.7 Å². The van der Waals surface area contributed by atoms with E-state index in [0.717, 1.165) is 44.4 Å². The molecule has 2 aromatic rings. The number of phenols is 2. The van der Waals surface area contributed by atoms with Crippen molar-refractivity contribution in [1.29, 1.82) is 0 Å². The van der Waals surface area contributed by atoms with Crippen LogP contribution < -0.4 is 16.4 Å². The molecule has 2 aliphatic rings. The first-order valence-electron chi connectivity index (χ1n) is 18.2. The highest BCUT2D eigenvalue weighted by atomic mass is 16.6. The van der Waals surface area contributed by atoms with Crippen molar-refractivity contribution >= 4 is 35.4 Å². The highest BCUT2D eigenvalue weighted by Gasteiger charge is 2.29. The van der Waals surface area contributed by atoms with Gasteiger partial charge in [0, 0.05) is 75.6 Å². The van der Waals surface area contributed by atoms with Gasteiger partial charge >= 0.3 is 6.09 Å². The third kappa shape index (κ3) is 11.5. The number of primary amides is 1. The minimum atomic E-state index is -1.05. The highest BCUT2D eigenvalue weighted by Crippen LogP contribution is 2.42. The molecule has 0 saturated carbocycles. The zero-order valence-electron chi connectivity index (χ0n) is 32.7. The molecule has 2 bridgehead atoms. The molecule has 1 fully saturated rings. The minimum absolute atomic E-state index is 0.0368. The van der Waals surface area contributed by atoms with E-state index in [1.54, 1.807) is 64.1 Å². The van der Waals surface area contributed by atoms with Crippen molar-refractivity contribution in [2.75, 3.05) is 58.1 Å². The first kappa shape index (κ1) is 42.7. The largest absolute Gasteiger partial charge is 0.506 e. The third-order valence-electron chi connectivity index (χ3n) is 9.95. The molecule has 1 saturated heterocycles. The Hall–Kier alpha value is -4.99. The van der Waals surface area contributed by atoms with Crippen molar-refractivity contribution < 1.29 is 43.9 Å². The van der Waals surface area contributed by atoms with Crippen LogP contribution in [-0.2, 0) is 25.5 Å². The molecule has 2 aromatic carbocycles. The van der Waals surface area contributed by atoms with Gasteiger partial charge in [-0.05, 0) is 63.6 Å². The smallest absolute Gasteiger partial charge is 0.405 e. The lowest BCUT2D eigenvalue weighted by Crippen LogP contribution is -2.43. The van der Waals surface area contributed by atoms with Crippen LogP contribution >= 0.6 is 0 Å². The van der Waals surface area contributed by atoms with Crippen LogP contribution in [0.1, 0.15) is 55.6 Å². The van der Waals surface area contributed by atoms with Crippen LogP contribution in [0, 0.1) is 5.92 Å². The first-order valence-corrected chi connectivity index (χ1v) is 18.2. The van der Waals surface area contributed by atoms with E-state index in [2.05, 4.69) is 27.5 Å². The van der Waals surface area contributed by atoms with Crippen LogP contribution in [0.5, 0.6) is 11.5 Å². The molecule has 7 N–H and O–H groups in total. The molecule has 4 rings (SSSR count). The van der Waals surface area contributed by atoms with Crippen molar-refractivity contribution in [2.24, 2.45) is 11.7 Å². The number of aromatic hydroxyl groups is 2. The average molecular weight is 762 g/mol. The quantitative estimate of drug-likeness (QED) is 0.129. The molecule has 3 amide bonds. The second kappa shape index (κ2) is 19.6. The van der Waals surface area contributed by atoms with Crippen molar-refractivity contribution in [3.8, 4) is 11.5 Å². The van der Waals surface area contributed by atoms with Crippen molar-refractivity contribution in [2.45, 2.75) is 65.1 Å². The Balaban J connectivity index is 1.72. The number of benzene rings is 2. The molecular weight excluding hydrogens is 706 g/mol. The summed E-state index contributed by atoms with van der Waals surface area (Å²) in [7, 11) is 4.99. The molecule has 14 heteroatoms. The lowest BCUT2D eigenvalue weighted by atomic mass is 9.91. The van der Waals surface area contributed by atoms with Gasteiger partial charge in [-0.2, -0.15) is 0 Å². The molecule has 0 aromatic heterocycles. The zero-order valence-corrected chi connectivity index (χ0v) is 32.7. The molecular formula is C41H55N5O9. The SMILES string of the molecule is CO[C@H]1C=C/C=C(\C)C(=O)Nc2cc(O)c(NC(=O)c3ccc(CN4CCN(C)CC4)cc3)c(c2O)/C=C(\C)C[C@H](OC)[C@H](O)[C@@H](C)/C=C(\C)[C@@H]1OC(N)=O. The highest BCUT2D eigenvalue weighted by molar-refractivity contribution is 6.09. The molecule has 0 radical (unpaired) electrons. The van der Waals surface area contributed by atoms with Crippen molar-refractivity contribution in [1.82, 2.24) is 9.80 Å². The second-order valence-electron chi connectivity index (χ2n) is 14.3. The summed E-state index contributed by atoms with van der Waals surface area (Å²) in [6, 6.07) is 8.38. The summed E-state index contributed by atoms with van der Waals surface area (Å²) in [5, 5.41) is 39.7. The Morgan fingerprint density at radius 1 is 1.04 bits per heavy atom. The second-order valence-corrected chi connectivity index (χ2v) is 14.3. The Morgan fingerprint density at radius 3 is 2.33 bits per heavy atom. The number of carbonyl (C=O) groups is 3. The van der Waals surface area contributed by atoms with Crippen LogP contribution in [0.25, 0.3) is 6.08 Å². The number of carbonyl (C=O) groups excluding carboxylic acids is 3.